The van der Waals surface area contributed by atoms with Crippen molar-refractivity contribution in [3.63, 3.8) is 0 Å². The number of rotatable bonds is 2. The van der Waals surface area contributed by atoms with E-state index in [1.807, 2.05) is 0 Å². The van der Waals surface area contributed by atoms with Crippen LogP contribution in [0.4, 0.5) is 0 Å². The van der Waals surface area contributed by atoms with Crippen LogP contribution in [0.3, 0.4) is 0 Å². The van der Waals surface area contributed by atoms with E-state index < -0.39 is 5.91 Å². The SMILES string of the molecule is N/C=N/n1ccc(C(N)=O)n1. The maximum absolute atomic E-state index is 10.5. The third kappa shape index (κ3) is 1.54. The predicted octanol–water partition coefficient (Wildman–Crippen LogP) is -1.27. The smallest absolute Gasteiger partial charge is 0.269 e. The van der Waals surface area contributed by atoms with Crippen LogP contribution in [0.1, 0.15) is 10.5 Å². The summed E-state index contributed by atoms with van der Waals surface area (Å²) in [6.45, 7) is 0. The molecule has 0 bridgehead atoms. The summed E-state index contributed by atoms with van der Waals surface area (Å²) in [6, 6.07) is 1.45. The monoisotopic (exact) mass is 153 g/mol. The Kier molecular flexibility index (Phi) is 1.86. The van der Waals surface area contributed by atoms with E-state index >= 15 is 0 Å². The largest absolute Gasteiger partial charge is 0.388 e. The van der Waals surface area contributed by atoms with Crippen molar-refractivity contribution >= 4 is 12.2 Å². The number of amides is 1. The zero-order valence-corrected chi connectivity index (χ0v) is 5.64. The molecule has 4 N–H and O–H groups in total. The number of primary amides is 1. The summed E-state index contributed by atoms with van der Waals surface area (Å²) in [5.41, 5.74) is 10.1. The van der Waals surface area contributed by atoms with Gasteiger partial charge in [0, 0.05) is 0 Å². The Hall–Kier alpha value is -1.85. The molecule has 0 saturated heterocycles. The zero-order chi connectivity index (χ0) is 8.27. The lowest BCUT2D eigenvalue weighted by Crippen LogP contribution is -2.12. The summed E-state index contributed by atoms with van der Waals surface area (Å²) in [4.78, 5) is 11.6. The summed E-state index contributed by atoms with van der Waals surface area (Å²) in [5.74, 6) is -0.587. The average Bonchev–Trinajstić information content (AvgIpc) is 2.37. The fourth-order valence-electron chi connectivity index (χ4n) is 0.578. The summed E-state index contributed by atoms with van der Waals surface area (Å²) in [5, 5.41) is 7.22. The van der Waals surface area contributed by atoms with Crippen LogP contribution in [0.2, 0.25) is 0 Å². The van der Waals surface area contributed by atoms with Gasteiger partial charge in [0.15, 0.2) is 5.69 Å². The Morgan fingerprint density at radius 2 is 2.55 bits per heavy atom. The Bertz CT molecular complexity index is 289. The summed E-state index contributed by atoms with van der Waals surface area (Å²) in [6.07, 6.45) is 2.54. The normalized spacial score (nSPS) is 10.5. The summed E-state index contributed by atoms with van der Waals surface area (Å²) >= 11 is 0. The zero-order valence-electron chi connectivity index (χ0n) is 5.64. The third-order valence-electron chi connectivity index (χ3n) is 1.01. The molecule has 6 heteroatoms. The molecule has 1 aromatic rings. The van der Waals surface area contributed by atoms with Crippen LogP contribution in [-0.4, -0.2) is 22.1 Å². The van der Waals surface area contributed by atoms with Crippen molar-refractivity contribution in [3.05, 3.63) is 18.0 Å². The second kappa shape index (κ2) is 2.82. The van der Waals surface area contributed by atoms with E-state index in [1.54, 1.807) is 0 Å². The highest BCUT2D eigenvalue weighted by atomic mass is 16.1. The molecule has 1 rings (SSSR count). The van der Waals surface area contributed by atoms with Crippen LogP contribution in [-0.2, 0) is 0 Å². The molecule has 0 aliphatic carbocycles. The second-order valence-corrected chi connectivity index (χ2v) is 1.75. The number of nitrogens with two attached hydrogens (primary N) is 2. The highest BCUT2D eigenvalue weighted by Gasteiger charge is 2.02. The number of nitrogens with zero attached hydrogens (tertiary/aromatic N) is 3. The number of carbonyl (C=O) groups is 1. The van der Waals surface area contributed by atoms with Crippen molar-refractivity contribution in [2.75, 3.05) is 0 Å². The average molecular weight is 153 g/mol. The highest BCUT2D eigenvalue weighted by molar-refractivity contribution is 5.90. The lowest BCUT2D eigenvalue weighted by Gasteiger charge is -1.86. The van der Waals surface area contributed by atoms with Gasteiger partial charge >= 0.3 is 0 Å². The molecule has 58 valence electrons. The first kappa shape index (κ1) is 7.26. The first-order valence-electron chi connectivity index (χ1n) is 2.84. The molecule has 6 nitrogen and oxygen atoms in total. The maximum atomic E-state index is 10.5. The van der Waals surface area contributed by atoms with E-state index in [4.69, 9.17) is 11.5 Å². The van der Waals surface area contributed by atoms with Crippen LogP contribution >= 0.6 is 0 Å². The van der Waals surface area contributed by atoms with E-state index in [-0.39, 0.29) is 5.69 Å². The Morgan fingerprint density at radius 3 is 3.00 bits per heavy atom. The van der Waals surface area contributed by atoms with E-state index in [2.05, 4.69) is 10.2 Å². The van der Waals surface area contributed by atoms with Gasteiger partial charge in [0.1, 0.15) is 6.34 Å². The highest BCUT2D eigenvalue weighted by Crippen LogP contribution is 1.92. The van der Waals surface area contributed by atoms with Gasteiger partial charge in [-0.2, -0.15) is 4.79 Å². The molecule has 11 heavy (non-hydrogen) atoms. The van der Waals surface area contributed by atoms with E-state index in [1.165, 1.54) is 12.3 Å². The molecule has 0 fully saturated rings. The molecule has 0 radical (unpaired) electrons. The van der Waals surface area contributed by atoms with Gasteiger partial charge in [-0.3, -0.25) is 4.79 Å². The minimum absolute atomic E-state index is 0.163. The topological polar surface area (TPSA) is 99.3 Å². The maximum Gasteiger partial charge on any atom is 0.269 e. The molecule has 0 unspecified atom stereocenters. The quantitative estimate of drug-likeness (QED) is 0.409. The Balaban J connectivity index is 2.90. The summed E-state index contributed by atoms with van der Waals surface area (Å²) < 4.78 is 0. The van der Waals surface area contributed by atoms with Crippen molar-refractivity contribution in [3.8, 4) is 0 Å². The fourth-order valence-corrected chi connectivity index (χ4v) is 0.578. The van der Waals surface area contributed by atoms with Crippen LogP contribution in [0.5, 0.6) is 0 Å². The minimum atomic E-state index is -0.587. The van der Waals surface area contributed by atoms with Crippen molar-refractivity contribution in [1.29, 1.82) is 0 Å². The molecule has 0 saturated carbocycles. The summed E-state index contributed by atoms with van der Waals surface area (Å²) in [7, 11) is 0. The molecule has 0 spiro atoms. The molecular weight excluding hydrogens is 146 g/mol. The van der Waals surface area contributed by atoms with Gasteiger partial charge < -0.3 is 11.5 Å². The molecule has 1 aromatic heterocycles. The van der Waals surface area contributed by atoms with Gasteiger partial charge in [-0.15, -0.1) is 10.2 Å². The third-order valence-corrected chi connectivity index (χ3v) is 1.01. The predicted molar refractivity (Wildman–Crippen MR) is 38.8 cm³/mol. The van der Waals surface area contributed by atoms with E-state index in [0.717, 1.165) is 11.1 Å². The number of aromatic nitrogens is 2. The van der Waals surface area contributed by atoms with Crippen LogP contribution < -0.4 is 11.5 Å². The van der Waals surface area contributed by atoms with Crippen molar-refractivity contribution in [1.82, 2.24) is 9.89 Å². The molecule has 0 aliphatic rings. The molecule has 0 aliphatic heterocycles. The van der Waals surface area contributed by atoms with E-state index in [9.17, 15) is 4.79 Å². The van der Waals surface area contributed by atoms with Gasteiger partial charge in [0.2, 0.25) is 0 Å². The standard InChI is InChI=1S/C5H7N5O/c6-3-8-10-2-1-4(9-10)5(7)11/h1-3H,(H2,6,8)(H2,7,11). The van der Waals surface area contributed by atoms with Gasteiger partial charge in [-0.1, -0.05) is 0 Å². The Morgan fingerprint density at radius 1 is 1.82 bits per heavy atom. The van der Waals surface area contributed by atoms with Crippen LogP contribution in [0.25, 0.3) is 0 Å². The van der Waals surface area contributed by atoms with Gasteiger partial charge in [0.05, 0.1) is 6.20 Å². The van der Waals surface area contributed by atoms with Crippen LogP contribution in [0.15, 0.2) is 17.4 Å². The van der Waals surface area contributed by atoms with E-state index in [0.29, 0.717) is 0 Å². The van der Waals surface area contributed by atoms with Crippen LogP contribution in [0, 0.1) is 0 Å². The lowest BCUT2D eigenvalue weighted by molar-refractivity contribution is 0.0995. The molecule has 0 aromatic carbocycles. The van der Waals surface area contributed by atoms with Crippen molar-refractivity contribution in [2.24, 2.45) is 16.6 Å². The number of hydrogen-bond donors (Lipinski definition) is 2. The molecule has 1 amide bonds. The molecular formula is C5H7N5O. The fraction of sp³-hybridized carbons (Fsp3) is 0. The first-order valence-corrected chi connectivity index (χ1v) is 2.84. The van der Waals surface area contributed by atoms with Crippen molar-refractivity contribution in [2.45, 2.75) is 0 Å². The van der Waals surface area contributed by atoms with Gasteiger partial charge in [-0.05, 0) is 6.07 Å². The number of hydrogen-bond acceptors (Lipinski definition) is 3. The van der Waals surface area contributed by atoms with Crippen molar-refractivity contribution < 1.29 is 4.79 Å². The number of carbonyl (C=O) groups excluding carboxylic acids is 1. The molecule has 1 heterocycles. The second-order valence-electron chi connectivity index (χ2n) is 1.75. The van der Waals surface area contributed by atoms with Gasteiger partial charge in [-0.25, -0.2) is 0 Å². The van der Waals surface area contributed by atoms with Gasteiger partial charge in [0.25, 0.3) is 5.91 Å². The first-order chi connectivity index (χ1) is 5.24. The minimum Gasteiger partial charge on any atom is -0.388 e. The lowest BCUT2D eigenvalue weighted by atomic mass is 10.4. The Labute approximate surface area is 62.5 Å². The molecule has 0 atom stereocenters.